The molecule has 0 radical (unpaired) electrons. The topological polar surface area (TPSA) is 55.0 Å². The highest BCUT2D eigenvalue weighted by atomic mass is 15.2. The van der Waals surface area contributed by atoms with Crippen molar-refractivity contribution in [1.82, 2.24) is 9.97 Å². The lowest BCUT2D eigenvalue weighted by Gasteiger charge is -2.29. The molecule has 2 N–H and O–H groups in total. The van der Waals surface area contributed by atoms with E-state index in [2.05, 4.69) is 35.6 Å². The van der Waals surface area contributed by atoms with Gasteiger partial charge in [0.05, 0.1) is 0 Å². The third kappa shape index (κ3) is 3.88. The SMILES string of the molecule is CCCCN(c1cc(C)nc(N)n1)C(C)CC. The Morgan fingerprint density at radius 1 is 1.35 bits per heavy atom. The van der Waals surface area contributed by atoms with Gasteiger partial charge in [0.2, 0.25) is 5.95 Å². The van der Waals surface area contributed by atoms with E-state index in [9.17, 15) is 0 Å². The number of anilines is 2. The number of nitrogen functional groups attached to an aromatic ring is 1. The van der Waals surface area contributed by atoms with Gasteiger partial charge in [-0.05, 0) is 26.7 Å². The highest BCUT2D eigenvalue weighted by molar-refractivity contribution is 5.44. The number of aromatic nitrogens is 2. The number of nitrogens with zero attached hydrogens (tertiary/aromatic N) is 3. The molecule has 1 rings (SSSR count). The first-order valence-corrected chi connectivity index (χ1v) is 6.46. The van der Waals surface area contributed by atoms with Crippen LogP contribution in [0, 0.1) is 6.92 Å². The molecule has 0 bridgehead atoms. The van der Waals surface area contributed by atoms with E-state index in [1.54, 1.807) is 0 Å². The van der Waals surface area contributed by atoms with Crippen molar-refractivity contribution in [2.24, 2.45) is 0 Å². The normalized spacial score (nSPS) is 12.5. The zero-order chi connectivity index (χ0) is 12.8. The number of nitrogens with two attached hydrogens (primary N) is 1. The van der Waals surface area contributed by atoms with Gasteiger partial charge >= 0.3 is 0 Å². The van der Waals surface area contributed by atoms with Crippen LogP contribution in [0.2, 0.25) is 0 Å². The molecule has 1 heterocycles. The lowest BCUT2D eigenvalue weighted by atomic mass is 10.2. The van der Waals surface area contributed by atoms with Gasteiger partial charge < -0.3 is 10.6 Å². The summed E-state index contributed by atoms with van der Waals surface area (Å²) in [5.41, 5.74) is 6.65. The Bertz CT molecular complexity index is 331. The van der Waals surface area contributed by atoms with Crippen LogP contribution < -0.4 is 10.6 Å². The number of hydrogen-bond donors (Lipinski definition) is 1. The first-order valence-electron chi connectivity index (χ1n) is 6.46. The average molecular weight is 236 g/mol. The van der Waals surface area contributed by atoms with E-state index >= 15 is 0 Å². The Labute approximate surface area is 104 Å². The van der Waals surface area contributed by atoms with Crippen LogP contribution >= 0.6 is 0 Å². The summed E-state index contributed by atoms with van der Waals surface area (Å²) in [6.07, 6.45) is 3.46. The van der Waals surface area contributed by atoms with Crippen molar-refractivity contribution >= 4 is 11.8 Å². The largest absolute Gasteiger partial charge is 0.368 e. The fraction of sp³-hybridized carbons (Fsp3) is 0.692. The zero-order valence-electron chi connectivity index (χ0n) is 11.4. The minimum absolute atomic E-state index is 0.366. The van der Waals surface area contributed by atoms with Gasteiger partial charge in [-0.25, -0.2) is 4.98 Å². The molecule has 1 atom stereocenters. The Morgan fingerprint density at radius 2 is 2.06 bits per heavy atom. The van der Waals surface area contributed by atoms with E-state index in [0.29, 0.717) is 12.0 Å². The summed E-state index contributed by atoms with van der Waals surface area (Å²) >= 11 is 0. The fourth-order valence-electron chi connectivity index (χ4n) is 1.83. The summed E-state index contributed by atoms with van der Waals surface area (Å²) in [6.45, 7) is 9.61. The zero-order valence-corrected chi connectivity index (χ0v) is 11.4. The van der Waals surface area contributed by atoms with E-state index < -0.39 is 0 Å². The van der Waals surface area contributed by atoms with Gasteiger partial charge in [-0.15, -0.1) is 0 Å². The van der Waals surface area contributed by atoms with Gasteiger partial charge in [0.15, 0.2) is 0 Å². The minimum Gasteiger partial charge on any atom is -0.368 e. The molecule has 0 aliphatic heterocycles. The smallest absolute Gasteiger partial charge is 0.222 e. The summed E-state index contributed by atoms with van der Waals surface area (Å²) in [5.74, 6) is 1.32. The van der Waals surface area contributed by atoms with Crippen LogP contribution in [0.3, 0.4) is 0 Å². The third-order valence-corrected chi connectivity index (χ3v) is 3.03. The van der Waals surface area contributed by atoms with Gasteiger partial charge in [-0.2, -0.15) is 4.98 Å². The Morgan fingerprint density at radius 3 is 2.59 bits per heavy atom. The van der Waals surface area contributed by atoms with Crippen LogP contribution in [0.4, 0.5) is 11.8 Å². The summed E-state index contributed by atoms with van der Waals surface area (Å²) in [5, 5.41) is 0. The average Bonchev–Trinajstić information content (AvgIpc) is 2.28. The molecule has 96 valence electrons. The van der Waals surface area contributed by atoms with Crippen LogP contribution in [0.5, 0.6) is 0 Å². The fourth-order valence-corrected chi connectivity index (χ4v) is 1.83. The minimum atomic E-state index is 0.366. The molecule has 4 heteroatoms. The molecule has 1 aromatic rings. The van der Waals surface area contributed by atoms with Crippen molar-refractivity contribution in [1.29, 1.82) is 0 Å². The summed E-state index contributed by atoms with van der Waals surface area (Å²) in [6, 6.07) is 2.49. The van der Waals surface area contributed by atoms with Crippen LogP contribution in [0.25, 0.3) is 0 Å². The van der Waals surface area contributed by atoms with E-state index in [1.807, 2.05) is 13.0 Å². The maximum atomic E-state index is 5.72. The van der Waals surface area contributed by atoms with Crippen molar-refractivity contribution < 1.29 is 0 Å². The summed E-state index contributed by atoms with van der Waals surface area (Å²) in [7, 11) is 0. The molecular weight excluding hydrogens is 212 g/mol. The maximum Gasteiger partial charge on any atom is 0.222 e. The van der Waals surface area contributed by atoms with Crippen LogP contribution in [0.15, 0.2) is 6.07 Å². The van der Waals surface area contributed by atoms with Gasteiger partial charge in [0.1, 0.15) is 5.82 Å². The van der Waals surface area contributed by atoms with Crippen LogP contribution in [0.1, 0.15) is 45.7 Å². The first-order chi connectivity index (χ1) is 8.08. The molecule has 0 saturated heterocycles. The second-order valence-electron chi connectivity index (χ2n) is 4.53. The maximum absolute atomic E-state index is 5.72. The molecule has 0 fully saturated rings. The predicted molar refractivity (Wildman–Crippen MR) is 73.2 cm³/mol. The van der Waals surface area contributed by atoms with E-state index in [4.69, 9.17) is 5.73 Å². The molecule has 0 amide bonds. The molecule has 17 heavy (non-hydrogen) atoms. The van der Waals surface area contributed by atoms with Crippen LogP contribution in [-0.4, -0.2) is 22.6 Å². The molecule has 4 nitrogen and oxygen atoms in total. The van der Waals surface area contributed by atoms with Crippen molar-refractivity contribution in [3.63, 3.8) is 0 Å². The number of unbranched alkanes of at least 4 members (excludes halogenated alkanes) is 1. The Kier molecular flexibility index (Phi) is 5.19. The molecule has 0 aliphatic rings. The number of rotatable bonds is 6. The molecule has 0 saturated carbocycles. The van der Waals surface area contributed by atoms with Crippen molar-refractivity contribution in [2.75, 3.05) is 17.2 Å². The van der Waals surface area contributed by atoms with Gasteiger partial charge in [-0.1, -0.05) is 20.3 Å². The lowest BCUT2D eigenvalue weighted by Crippen LogP contribution is -2.34. The number of aryl methyl sites for hydroxylation is 1. The van der Waals surface area contributed by atoms with Gasteiger partial charge in [0, 0.05) is 24.3 Å². The quantitative estimate of drug-likeness (QED) is 0.825. The number of hydrogen-bond acceptors (Lipinski definition) is 4. The van der Waals surface area contributed by atoms with E-state index in [0.717, 1.165) is 24.5 Å². The van der Waals surface area contributed by atoms with E-state index in [-0.39, 0.29) is 0 Å². The van der Waals surface area contributed by atoms with Crippen molar-refractivity contribution in [3.8, 4) is 0 Å². The molecule has 0 aliphatic carbocycles. The second-order valence-corrected chi connectivity index (χ2v) is 4.53. The second kappa shape index (κ2) is 6.42. The van der Waals surface area contributed by atoms with Crippen molar-refractivity contribution in [2.45, 2.75) is 53.0 Å². The van der Waals surface area contributed by atoms with E-state index in [1.165, 1.54) is 12.8 Å². The van der Waals surface area contributed by atoms with Gasteiger partial charge in [-0.3, -0.25) is 0 Å². The molecule has 1 aromatic heterocycles. The molecule has 1 unspecified atom stereocenters. The Balaban J connectivity index is 2.94. The standard InChI is InChI=1S/C13H24N4/c1-5-7-8-17(11(4)6-2)12-9-10(3)15-13(14)16-12/h9,11H,5-8H2,1-4H3,(H2,14,15,16). The lowest BCUT2D eigenvalue weighted by molar-refractivity contribution is 0.589. The third-order valence-electron chi connectivity index (χ3n) is 3.03. The summed E-state index contributed by atoms with van der Waals surface area (Å²) in [4.78, 5) is 10.8. The van der Waals surface area contributed by atoms with Gasteiger partial charge in [0.25, 0.3) is 0 Å². The monoisotopic (exact) mass is 236 g/mol. The van der Waals surface area contributed by atoms with Crippen molar-refractivity contribution in [3.05, 3.63) is 11.8 Å². The molecule has 0 spiro atoms. The highest BCUT2D eigenvalue weighted by Crippen LogP contribution is 2.18. The molecular formula is C13H24N4. The predicted octanol–water partition coefficient (Wildman–Crippen LogP) is 2.77. The summed E-state index contributed by atoms with van der Waals surface area (Å²) < 4.78 is 0. The first kappa shape index (κ1) is 13.7. The highest BCUT2D eigenvalue weighted by Gasteiger charge is 2.14. The van der Waals surface area contributed by atoms with Crippen LogP contribution in [-0.2, 0) is 0 Å². The Hall–Kier alpha value is -1.32. The molecule has 0 aromatic carbocycles.